The van der Waals surface area contributed by atoms with Crippen LogP contribution < -0.4 is 0 Å². The third kappa shape index (κ3) is 5.62. The molecule has 0 spiro atoms. The van der Waals surface area contributed by atoms with E-state index in [2.05, 4.69) is 6.92 Å². The minimum Gasteiger partial charge on any atom is -0.294 e. The maximum absolute atomic E-state index is 13.5. The van der Waals surface area contributed by atoms with Crippen molar-refractivity contribution in [3.05, 3.63) is 35.9 Å². The Morgan fingerprint density at radius 3 is 2.53 bits per heavy atom. The number of alkyl halides is 1. The smallest absolute Gasteiger partial charge is 0.165 e. The molecule has 0 fully saturated rings. The van der Waals surface area contributed by atoms with E-state index in [1.165, 1.54) is 0 Å². The van der Waals surface area contributed by atoms with Gasteiger partial charge in [0.15, 0.2) is 5.78 Å². The zero-order valence-electron chi connectivity index (χ0n) is 10.5. The van der Waals surface area contributed by atoms with Gasteiger partial charge in [0.25, 0.3) is 0 Å². The van der Waals surface area contributed by atoms with Gasteiger partial charge in [0.1, 0.15) is 6.17 Å². The third-order valence-electron chi connectivity index (χ3n) is 2.87. The van der Waals surface area contributed by atoms with Gasteiger partial charge in [-0.2, -0.15) is 0 Å². The zero-order valence-corrected chi connectivity index (χ0v) is 10.5. The highest BCUT2D eigenvalue weighted by atomic mass is 19.1. The number of rotatable bonds is 8. The van der Waals surface area contributed by atoms with Gasteiger partial charge in [-0.3, -0.25) is 4.79 Å². The first kappa shape index (κ1) is 13.9. The quantitative estimate of drug-likeness (QED) is 0.477. The molecule has 1 unspecified atom stereocenters. The van der Waals surface area contributed by atoms with E-state index >= 15 is 0 Å². The number of carbonyl (C=O) groups is 1. The highest BCUT2D eigenvalue weighted by molar-refractivity contribution is 5.96. The highest BCUT2D eigenvalue weighted by Crippen LogP contribution is 2.14. The van der Waals surface area contributed by atoms with Crippen molar-refractivity contribution in [3.8, 4) is 0 Å². The maximum atomic E-state index is 13.5. The second-order valence-corrected chi connectivity index (χ2v) is 4.44. The van der Waals surface area contributed by atoms with Crippen LogP contribution in [-0.4, -0.2) is 12.0 Å². The van der Waals surface area contributed by atoms with Crippen LogP contribution in [0.25, 0.3) is 0 Å². The van der Waals surface area contributed by atoms with Gasteiger partial charge in [-0.15, -0.1) is 0 Å². The lowest BCUT2D eigenvalue weighted by molar-refractivity contribution is 0.0942. The standard InChI is InChI=1S/C15H21FO/c1-2-3-4-8-11-14(16)12-15(17)13-9-6-5-7-10-13/h5-7,9-10,14H,2-4,8,11-12H2,1H3. The number of Topliss-reactive ketones (excluding diaryl/α,β-unsaturated/α-hetero) is 1. The monoisotopic (exact) mass is 236 g/mol. The second kappa shape index (κ2) is 7.99. The number of ketones is 1. The topological polar surface area (TPSA) is 17.1 Å². The molecule has 1 aromatic rings. The molecule has 0 N–H and O–H groups in total. The predicted molar refractivity (Wildman–Crippen MR) is 69.0 cm³/mol. The molecule has 0 aliphatic heterocycles. The molecule has 1 atom stereocenters. The first-order valence-electron chi connectivity index (χ1n) is 6.46. The largest absolute Gasteiger partial charge is 0.294 e. The lowest BCUT2D eigenvalue weighted by Gasteiger charge is -2.07. The van der Waals surface area contributed by atoms with E-state index in [1.807, 2.05) is 18.2 Å². The molecule has 0 bridgehead atoms. The van der Waals surface area contributed by atoms with E-state index in [4.69, 9.17) is 0 Å². The SMILES string of the molecule is CCCCCCC(F)CC(=O)c1ccccc1. The summed E-state index contributed by atoms with van der Waals surface area (Å²) in [6.07, 6.45) is 3.81. The Bertz CT molecular complexity index is 321. The van der Waals surface area contributed by atoms with Gasteiger partial charge in [-0.25, -0.2) is 4.39 Å². The Labute approximate surface area is 103 Å². The van der Waals surface area contributed by atoms with Crippen LogP contribution in [0.4, 0.5) is 4.39 Å². The molecule has 1 nitrogen and oxygen atoms in total. The average Bonchev–Trinajstić information content (AvgIpc) is 2.36. The summed E-state index contributed by atoms with van der Waals surface area (Å²) >= 11 is 0. The van der Waals surface area contributed by atoms with Crippen molar-refractivity contribution in [1.29, 1.82) is 0 Å². The number of halogens is 1. The van der Waals surface area contributed by atoms with Gasteiger partial charge in [0.05, 0.1) is 0 Å². The van der Waals surface area contributed by atoms with Crippen molar-refractivity contribution in [2.24, 2.45) is 0 Å². The van der Waals surface area contributed by atoms with E-state index < -0.39 is 6.17 Å². The number of hydrogen-bond acceptors (Lipinski definition) is 1. The fourth-order valence-corrected chi connectivity index (χ4v) is 1.84. The summed E-state index contributed by atoms with van der Waals surface area (Å²) < 4.78 is 13.5. The Balaban J connectivity index is 2.26. The van der Waals surface area contributed by atoms with E-state index in [9.17, 15) is 9.18 Å². The molecule has 17 heavy (non-hydrogen) atoms. The molecule has 0 aromatic heterocycles. The molecule has 0 amide bonds. The molecule has 94 valence electrons. The van der Waals surface area contributed by atoms with Crippen molar-refractivity contribution in [3.63, 3.8) is 0 Å². The van der Waals surface area contributed by atoms with Crippen molar-refractivity contribution >= 4 is 5.78 Å². The number of unbranched alkanes of at least 4 members (excludes halogenated alkanes) is 3. The van der Waals surface area contributed by atoms with Gasteiger partial charge in [-0.05, 0) is 6.42 Å². The molecule has 1 rings (SSSR count). The van der Waals surface area contributed by atoms with Gasteiger partial charge >= 0.3 is 0 Å². The average molecular weight is 236 g/mol. The van der Waals surface area contributed by atoms with E-state index in [0.29, 0.717) is 12.0 Å². The van der Waals surface area contributed by atoms with Gasteiger partial charge in [-0.1, -0.05) is 62.9 Å². The Morgan fingerprint density at radius 2 is 1.88 bits per heavy atom. The normalized spacial score (nSPS) is 12.4. The predicted octanol–water partition coefficient (Wildman–Crippen LogP) is 4.57. The van der Waals surface area contributed by atoms with Crippen molar-refractivity contribution in [2.45, 2.75) is 51.6 Å². The summed E-state index contributed by atoms with van der Waals surface area (Å²) in [5.74, 6) is -0.0893. The second-order valence-electron chi connectivity index (χ2n) is 4.44. The molecule has 0 saturated carbocycles. The zero-order chi connectivity index (χ0) is 12.5. The minimum absolute atomic E-state index is 0.0239. The first-order chi connectivity index (χ1) is 8.24. The van der Waals surface area contributed by atoms with E-state index in [1.54, 1.807) is 12.1 Å². The summed E-state index contributed by atoms with van der Waals surface area (Å²) in [6, 6.07) is 8.95. The van der Waals surface area contributed by atoms with Crippen molar-refractivity contribution < 1.29 is 9.18 Å². The molecule has 0 aliphatic rings. The Kier molecular flexibility index (Phi) is 6.53. The number of hydrogen-bond donors (Lipinski definition) is 0. The Hall–Kier alpha value is -1.18. The van der Waals surface area contributed by atoms with Crippen LogP contribution in [0.1, 0.15) is 55.8 Å². The molecule has 2 heteroatoms. The van der Waals surface area contributed by atoms with Gasteiger partial charge in [0, 0.05) is 12.0 Å². The van der Waals surface area contributed by atoms with Crippen molar-refractivity contribution in [1.82, 2.24) is 0 Å². The fourth-order valence-electron chi connectivity index (χ4n) is 1.84. The van der Waals surface area contributed by atoms with Crippen LogP contribution in [0.2, 0.25) is 0 Å². The minimum atomic E-state index is -0.987. The summed E-state index contributed by atoms with van der Waals surface area (Å²) in [5, 5.41) is 0. The van der Waals surface area contributed by atoms with Crippen LogP contribution in [0.5, 0.6) is 0 Å². The molecular weight excluding hydrogens is 215 g/mol. The molecular formula is C15H21FO. The molecule has 0 aliphatic carbocycles. The lowest BCUT2D eigenvalue weighted by atomic mass is 10.0. The lowest BCUT2D eigenvalue weighted by Crippen LogP contribution is -2.09. The summed E-state index contributed by atoms with van der Waals surface area (Å²) in [5.41, 5.74) is 0.615. The number of carbonyl (C=O) groups excluding carboxylic acids is 1. The molecule has 1 aromatic carbocycles. The summed E-state index contributed by atoms with van der Waals surface area (Å²) in [7, 11) is 0. The molecule has 0 radical (unpaired) electrons. The van der Waals surface area contributed by atoms with Gasteiger partial charge < -0.3 is 0 Å². The van der Waals surface area contributed by atoms with Crippen LogP contribution in [0.15, 0.2) is 30.3 Å². The first-order valence-corrected chi connectivity index (χ1v) is 6.46. The van der Waals surface area contributed by atoms with E-state index in [-0.39, 0.29) is 12.2 Å². The molecule has 0 heterocycles. The highest BCUT2D eigenvalue weighted by Gasteiger charge is 2.13. The van der Waals surface area contributed by atoms with E-state index in [0.717, 1.165) is 25.7 Å². The fraction of sp³-hybridized carbons (Fsp3) is 0.533. The van der Waals surface area contributed by atoms with Crippen LogP contribution in [0.3, 0.4) is 0 Å². The summed E-state index contributed by atoms with van der Waals surface area (Å²) in [4.78, 5) is 11.7. The third-order valence-corrected chi connectivity index (χ3v) is 2.87. The van der Waals surface area contributed by atoms with Gasteiger partial charge in [0.2, 0.25) is 0 Å². The number of benzene rings is 1. The Morgan fingerprint density at radius 1 is 1.18 bits per heavy atom. The van der Waals surface area contributed by atoms with Crippen LogP contribution in [-0.2, 0) is 0 Å². The summed E-state index contributed by atoms with van der Waals surface area (Å²) in [6.45, 7) is 2.13. The van der Waals surface area contributed by atoms with Crippen molar-refractivity contribution in [2.75, 3.05) is 0 Å². The maximum Gasteiger partial charge on any atom is 0.165 e. The molecule has 0 saturated heterocycles. The van der Waals surface area contributed by atoms with Crippen LogP contribution >= 0.6 is 0 Å². The van der Waals surface area contributed by atoms with Crippen LogP contribution in [0, 0.1) is 0 Å².